The Kier molecular flexibility index (Phi) is 7.48. The number of benzene rings is 2. The minimum absolute atomic E-state index is 0.197. The van der Waals surface area contributed by atoms with Gasteiger partial charge in [0.2, 0.25) is 0 Å². The molecule has 1 atom stereocenters. The molecule has 25 heavy (non-hydrogen) atoms. The molecular formula is C21H29N3O. The van der Waals surface area contributed by atoms with Crippen LogP contribution in [0.15, 0.2) is 59.6 Å². The molecule has 0 aliphatic carbocycles. The van der Waals surface area contributed by atoms with Gasteiger partial charge in [-0.3, -0.25) is 4.99 Å². The van der Waals surface area contributed by atoms with Gasteiger partial charge in [-0.25, -0.2) is 0 Å². The van der Waals surface area contributed by atoms with Crippen molar-refractivity contribution in [3.8, 4) is 0 Å². The van der Waals surface area contributed by atoms with Gasteiger partial charge in [-0.15, -0.1) is 0 Å². The Bertz CT molecular complexity index is 651. The van der Waals surface area contributed by atoms with Crippen LogP contribution < -0.4 is 10.6 Å². The molecule has 0 aliphatic heterocycles. The summed E-state index contributed by atoms with van der Waals surface area (Å²) >= 11 is 0. The molecule has 0 heterocycles. The third kappa shape index (κ3) is 6.59. The molecular weight excluding hydrogens is 310 g/mol. The van der Waals surface area contributed by atoms with E-state index in [1.165, 1.54) is 16.7 Å². The van der Waals surface area contributed by atoms with Crippen LogP contribution in [0.2, 0.25) is 0 Å². The van der Waals surface area contributed by atoms with E-state index in [0.717, 1.165) is 12.5 Å². The number of guanidine groups is 1. The van der Waals surface area contributed by atoms with Gasteiger partial charge in [-0.05, 0) is 37.5 Å². The molecule has 2 N–H and O–H groups in total. The van der Waals surface area contributed by atoms with Crippen LogP contribution in [0.4, 0.5) is 0 Å². The number of hydrogen-bond acceptors (Lipinski definition) is 2. The molecule has 0 aliphatic rings. The summed E-state index contributed by atoms with van der Waals surface area (Å²) in [5.41, 5.74) is 3.64. The predicted octanol–water partition coefficient (Wildman–Crippen LogP) is 4.04. The van der Waals surface area contributed by atoms with Crippen molar-refractivity contribution in [1.29, 1.82) is 0 Å². The first-order chi connectivity index (χ1) is 12.1. The van der Waals surface area contributed by atoms with Crippen molar-refractivity contribution in [2.24, 2.45) is 4.99 Å². The number of rotatable bonds is 7. The molecule has 2 aromatic carbocycles. The Morgan fingerprint density at radius 2 is 1.60 bits per heavy atom. The lowest BCUT2D eigenvalue weighted by Gasteiger charge is -2.18. The van der Waals surface area contributed by atoms with Crippen LogP contribution in [0.25, 0.3) is 0 Å². The van der Waals surface area contributed by atoms with Gasteiger partial charge in [0, 0.05) is 13.6 Å². The Hall–Kier alpha value is -2.33. The Morgan fingerprint density at radius 1 is 0.960 bits per heavy atom. The standard InChI is InChI=1S/C21H29N3O/c1-16(2)25-15-19-12-10-18(11-13-19)14-23-21(22-4)24-17(3)20-8-6-5-7-9-20/h5-13,16-17H,14-15H2,1-4H3,(H2,22,23,24). The maximum absolute atomic E-state index is 5.62. The zero-order valence-corrected chi connectivity index (χ0v) is 15.6. The van der Waals surface area contributed by atoms with Crippen LogP contribution in [0.5, 0.6) is 0 Å². The summed E-state index contributed by atoms with van der Waals surface area (Å²) in [6.45, 7) is 7.61. The van der Waals surface area contributed by atoms with Gasteiger partial charge in [0.15, 0.2) is 5.96 Å². The minimum atomic E-state index is 0.197. The van der Waals surface area contributed by atoms with Gasteiger partial charge < -0.3 is 15.4 Å². The van der Waals surface area contributed by atoms with Gasteiger partial charge >= 0.3 is 0 Å². The largest absolute Gasteiger partial charge is 0.374 e. The Balaban J connectivity index is 1.84. The van der Waals surface area contributed by atoms with Crippen molar-refractivity contribution < 1.29 is 4.74 Å². The number of nitrogens with one attached hydrogen (secondary N) is 2. The summed E-state index contributed by atoms with van der Waals surface area (Å²) in [7, 11) is 1.79. The first-order valence-corrected chi connectivity index (χ1v) is 8.80. The van der Waals surface area contributed by atoms with Crippen LogP contribution in [-0.2, 0) is 17.9 Å². The van der Waals surface area contributed by atoms with E-state index in [9.17, 15) is 0 Å². The van der Waals surface area contributed by atoms with E-state index < -0.39 is 0 Å². The SMILES string of the molecule is CN=C(NCc1ccc(COC(C)C)cc1)NC(C)c1ccccc1. The van der Waals surface area contributed by atoms with Crippen molar-refractivity contribution in [2.45, 2.75) is 46.1 Å². The summed E-state index contributed by atoms with van der Waals surface area (Å²) in [5.74, 6) is 0.795. The van der Waals surface area contributed by atoms with E-state index in [2.05, 4.69) is 58.9 Å². The van der Waals surface area contributed by atoms with Crippen LogP contribution in [0, 0.1) is 0 Å². The molecule has 2 aromatic rings. The third-order valence-corrected chi connectivity index (χ3v) is 3.94. The average molecular weight is 339 g/mol. The Labute approximate surface area is 151 Å². The lowest BCUT2D eigenvalue weighted by atomic mass is 10.1. The first-order valence-electron chi connectivity index (χ1n) is 8.80. The monoisotopic (exact) mass is 339 g/mol. The molecule has 0 amide bonds. The molecule has 0 aromatic heterocycles. The van der Waals surface area contributed by atoms with E-state index in [0.29, 0.717) is 6.61 Å². The average Bonchev–Trinajstić information content (AvgIpc) is 2.64. The predicted molar refractivity (Wildman–Crippen MR) is 105 cm³/mol. The van der Waals surface area contributed by atoms with Crippen LogP contribution in [0.3, 0.4) is 0 Å². The maximum Gasteiger partial charge on any atom is 0.191 e. The van der Waals surface area contributed by atoms with E-state index in [4.69, 9.17) is 4.74 Å². The van der Waals surface area contributed by atoms with Crippen LogP contribution >= 0.6 is 0 Å². The molecule has 4 heteroatoms. The third-order valence-electron chi connectivity index (χ3n) is 3.94. The van der Waals surface area contributed by atoms with E-state index in [-0.39, 0.29) is 12.1 Å². The fraction of sp³-hybridized carbons (Fsp3) is 0.381. The van der Waals surface area contributed by atoms with Crippen molar-refractivity contribution in [3.05, 3.63) is 71.3 Å². The van der Waals surface area contributed by atoms with Crippen molar-refractivity contribution in [2.75, 3.05) is 7.05 Å². The molecule has 1 unspecified atom stereocenters. The second kappa shape index (κ2) is 9.84. The quantitative estimate of drug-likeness (QED) is 0.591. The van der Waals surface area contributed by atoms with E-state index in [1.807, 2.05) is 32.0 Å². The smallest absolute Gasteiger partial charge is 0.191 e. The topological polar surface area (TPSA) is 45.7 Å². The molecule has 134 valence electrons. The van der Waals surface area contributed by atoms with Gasteiger partial charge in [0.05, 0.1) is 18.8 Å². The summed E-state index contributed by atoms with van der Waals surface area (Å²) in [6, 6.07) is 19.0. The summed E-state index contributed by atoms with van der Waals surface area (Å²) in [4.78, 5) is 4.31. The normalized spacial score (nSPS) is 12.9. The van der Waals surface area contributed by atoms with Gasteiger partial charge in [0.1, 0.15) is 0 Å². The fourth-order valence-electron chi connectivity index (χ4n) is 2.43. The van der Waals surface area contributed by atoms with Crippen LogP contribution in [-0.4, -0.2) is 19.1 Å². The Morgan fingerprint density at radius 3 is 2.20 bits per heavy atom. The molecule has 0 saturated carbocycles. The summed E-state index contributed by atoms with van der Waals surface area (Å²) < 4.78 is 5.62. The number of ether oxygens (including phenoxy) is 1. The molecule has 0 saturated heterocycles. The zero-order chi connectivity index (χ0) is 18.1. The highest BCUT2D eigenvalue weighted by Crippen LogP contribution is 2.11. The number of aliphatic imine (C=N–C) groups is 1. The van der Waals surface area contributed by atoms with E-state index in [1.54, 1.807) is 7.05 Å². The number of hydrogen-bond donors (Lipinski definition) is 2. The molecule has 2 rings (SSSR count). The molecule has 0 spiro atoms. The van der Waals surface area contributed by atoms with Crippen LogP contribution in [0.1, 0.15) is 43.5 Å². The van der Waals surface area contributed by atoms with E-state index >= 15 is 0 Å². The first kappa shape index (κ1) is 19.0. The molecule has 4 nitrogen and oxygen atoms in total. The minimum Gasteiger partial charge on any atom is -0.374 e. The maximum atomic E-state index is 5.62. The van der Waals surface area contributed by atoms with Gasteiger partial charge in [-0.1, -0.05) is 54.6 Å². The lowest BCUT2D eigenvalue weighted by molar-refractivity contribution is 0.0657. The highest BCUT2D eigenvalue weighted by atomic mass is 16.5. The molecule has 0 fully saturated rings. The van der Waals surface area contributed by atoms with Crippen molar-refractivity contribution in [1.82, 2.24) is 10.6 Å². The molecule has 0 bridgehead atoms. The summed E-state index contributed by atoms with van der Waals surface area (Å²) in [5, 5.41) is 6.78. The second-order valence-corrected chi connectivity index (χ2v) is 6.38. The summed E-state index contributed by atoms with van der Waals surface area (Å²) in [6.07, 6.45) is 0.252. The van der Waals surface area contributed by atoms with Gasteiger partial charge in [0.25, 0.3) is 0 Å². The number of nitrogens with zero attached hydrogens (tertiary/aromatic N) is 1. The van der Waals surface area contributed by atoms with Crippen molar-refractivity contribution >= 4 is 5.96 Å². The molecule has 0 radical (unpaired) electrons. The zero-order valence-electron chi connectivity index (χ0n) is 15.6. The lowest BCUT2D eigenvalue weighted by Crippen LogP contribution is -2.38. The fourth-order valence-corrected chi connectivity index (χ4v) is 2.43. The van der Waals surface area contributed by atoms with Crippen molar-refractivity contribution in [3.63, 3.8) is 0 Å². The second-order valence-electron chi connectivity index (χ2n) is 6.38. The highest BCUT2D eigenvalue weighted by Gasteiger charge is 2.07. The van der Waals surface area contributed by atoms with Gasteiger partial charge in [-0.2, -0.15) is 0 Å². The highest BCUT2D eigenvalue weighted by molar-refractivity contribution is 5.80.